The Morgan fingerprint density at radius 1 is 0.938 bits per heavy atom. The van der Waals surface area contributed by atoms with E-state index >= 15 is 0 Å². The minimum absolute atomic E-state index is 1.35. The maximum absolute atomic E-state index is 7.50. The van der Waals surface area contributed by atoms with Crippen molar-refractivity contribution in [1.29, 1.82) is 5.26 Å². The summed E-state index contributed by atoms with van der Waals surface area (Å²) in [6.45, 7) is 15.4. The van der Waals surface area contributed by atoms with Crippen molar-refractivity contribution in [3.8, 4) is 4.97 Å². The summed E-state index contributed by atoms with van der Waals surface area (Å²) in [5.74, 6) is 0. The molecule has 0 unspecified atom stereocenters. The molecule has 4 heteroatoms. The van der Waals surface area contributed by atoms with E-state index in [1.165, 1.54) is 16.7 Å². The van der Waals surface area contributed by atoms with Crippen molar-refractivity contribution in [1.82, 2.24) is 0 Å². The van der Waals surface area contributed by atoms with Crippen molar-refractivity contribution >= 4 is 13.6 Å². The van der Waals surface area contributed by atoms with Crippen LogP contribution in [0.25, 0.3) is 0 Å². The molecular weight excluding hydrogens is 245 g/mol. The minimum Gasteiger partial charge on any atom is -0.281 e. The van der Waals surface area contributed by atoms with Crippen molar-refractivity contribution in [2.75, 3.05) is 0 Å². The molecule has 4 radical (unpaired) electrons. The van der Waals surface area contributed by atoms with Crippen LogP contribution in [-0.4, -0.2) is 13.6 Å². The van der Waals surface area contributed by atoms with Gasteiger partial charge in [-0.15, -0.1) is 0 Å². The standard InChI is InChI=1S/C9H12.CN.2CO.Mn/c1-7-4-8(2)6-9(3)5-7;3*1-2;/h4-6H,1-3H3;;;;. The van der Waals surface area contributed by atoms with Gasteiger partial charge in [0.05, 0.1) is 0 Å². The molecule has 0 amide bonds. The number of rotatable bonds is 0. The second-order valence-corrected chi connectivity index (χ2v) is 3.01. The summed E-state index contributed by atoms with van der Waals surface area (Å²) in [7, 11) is 0. The molecule has 3 nitrogen and oxygen atoms in total. The zero-order valence-electron chi connectivity index (χ0n) is 9.37. The van der Waals surface area contributed by atoms with E-state index in [4.69, 9.17) is 14.9 Å². The first-order valence-electron chi connectivity index (χ1n) is 4.05. The van der Waals surface area contributed by atoms with Gasteiger partial charge in [-0.25, -0.2) is 0 Å². The Balaban J connectivity index is -0.000000206. The monoisotopic (exact) mass is 257 g/mol. The molecule has 0 spiro atoms. The summed E-state index contributed by atoms with van der Waals surface area (Å²) >= 11 is 2.45. The summed E-state index contributed by atoms with van der Waals surface area (Å²) in [5, 5.41) is 7.24. The number of hydrogen-bond donors (Lipinski definition) is 0. The molecule has 0 aromatic heterocycles. The van der Waals surface area contributed by atoms with Gasteiger partial charge >= 0.3 is 26.2 Å². The zero-order chi connectivity index (χ0) is 13.6. The fraction of sp³-hybridized carbons (Fsp3) is 0.250. The van der Waals surface area contributed by atoms with Crippen molar-refractivity contribution in [3.63, 3.8) is 0 Å². The van der Waals surface area contributed by atoms with Gasteiger partial charge in [-0.3, -0.25) is 9.59 Å². The van der Waals surface area contributed by atoms with Crippen LogP contribution in [0.3, 0.4) is 0 Å². The fourth-order valence-corrected chi connectivity index (χ4v) is 1.20. The SMILES string of the molecule is Cc1cc(C)cc(C)c1.N#[C][Mn].[C]=O.[C]=O. The molecule has 1 rings (SSSR count). The second kappa shape index (κ2) is 16.0. The third kappa shape index (κ3) is 15.1. The molecule has 1 aromatic carbocycles. The quantitative estimate of drug-likeness (QED) is 0.666. The molecule has 84 valence electrons. The Bertz CT molecular complexity index is 269. The molecule has 0 atom stereocenters. The molecule has 0 fully saturated rings. The molecule has 0 N–H and O–H groups in total. The zero-order valence-corrected chi connectivity index (χ0v) is 10.6. The Morgan fingerprint density at radius 2 is 1.06 bits per heavy atom. The van der Waals surface area contributed by atoms with E-state index in [9.17, 15) is 0 Å². The maximum Gasteiger partial charge on any atom is 0.281 e. The summed E-state index contributed by atoms with van der Waals surface area (Å²) in [4.78, 5) is 16.6. The van der Waals surface area contributed by atoms with Crippen LogP contribution in [0.5, 0.6) is 0 Å². The Labute approximate surface area is 105 Å². The molecule has 0 heterocycles. The van der Waals surface area contributed by atoms with Crippen LogP contribution in [0.15, 0.2) is 18.2 Å². The van der Waals surface area contributed by atoms with E-state index in [0.29, 0.717) is 0 Å². The first-order chi connectivity index (χ1) is 7.60. The van der Waals surface area contributed by atoms with Gasteiger partial charge in [-0.2, -0.15) is 0 Å². The number of nitriles is 1. The van der Waals surface area contributed by atoms with Gasteiger partial charge in [0.1, 0.15) is 0 Å². The first kappa shape index (κ1) is 20.0. The molecule has 1 aromatic rings. The first-order valence-corrected chi connectivity index (χ1v) is 4.64. The molecule has 0 aliphatic carbocycles. The fourth-order valence-electron chi connectivity index (χ4n) is 1.20. The van der Waals surface area contributed by atoms with Crippen LogP contribution in [0.1, 0.15) is 16.7 Å². The van der Waals surface area contributed by atoms with Gasteiger partial charge in [0.25, 0.3) is 13.6 Å². The second-order valence-electron chi connectivity index (χ2n) is 2.75. The number of carbonyl (C=O) groups excluding carboxylic acids is 2. The van der Waals surface area contributed by atoms with Gasteiger partial charge in [0, 0.05) is 0 Å². The summed E-state index contributed by atoms with van der Waals surface area (Å²) in [5.41, 5.74) is 4.06. The maximum atomic E-state index is 7.50. The average Bonchev–Trinajstić information content (AvgIpc) is 2.22. The van der Waals surface area contributed by atoms with Crippen LogP contribution >= 0.6 is 0 Å². The Morgan fingerprint density at radius 3 is 1.19 bits per heavy atom. The third-order valence-corrected chi connectivity index (χ3v) is 1.37. The predicted molar refractivity (Wildman–Crippen MR) is 57.7 cm³/mol. The van der Waals surface area contributed by atoms with E-state index in [2.05, 4.69) is 68.6 Å². The number of nitrogens with zero attached hydrogens (tertiary/aromatic N) is 1. The van der Waals surface area contributed by atoms with Gasteiger partial charge in [-0.1, -0.05) is 34.9 Å². The number of benzene rings is 1. The molecule has 0 bridgehead atoms. The molecule has 0 saturated carbocycles. The van der Waals surface area contributed by atoms with E-state index in [-0.39, 0.29) is 0 Å². The topological polar surface area (TPSA) is 57.9 Å². The molecule has 0 aliphatic rings. The van der Waals surface area contributed by atoms with Crippen molar-refractivity contribution < 1.29 is 25.6 Å². The van der Waals surface area contributed by atoms with E-state index in [1.807, 2.05) is 0 Å². The van der Waals surface area contributed by atoms with Gasteiger partial charge in [0.2, 0.25) is 0 Å². The summed E-state index contributed by atoms with van der Waals surface area (Å²) in [6, 6.07) is 6.56. The normalized spacial score (nSPS) is 6.44. The average molecular weight is 257 g/mol. The van der Waals surface area contributed by atoms with Crippen LogP contribution in [-0.2, 0) is 25.6 Å². The molecule has 0 saturated heterocycles. The van der Waals surface area contributed by atoms with Crippen LogP contribution in [0, 0.1) is 31.0 Å². The Kier molecular flexibility index (Phi) is 20.1. The van der Waals surface area contributed by atoms with Crippen molar-refractivity contribution in [2.45, 2.75) is 20.8 Å². The van der Waals surface area contributed by atoms with Crippen molar-refractivity contribution in [3.05, 3.63) is 34.9 Å². The van der Waals surface area contributed by atoms with Gasteiger partial charge < -0.3 is 0 Å². The van der Waals surface area contributed by atoms with Crippen LogP contribution in [0.4, 0.5) is 0 Å². The minimum atomic E-state index is 1.35. The molecule has 16 heavy (non-hydrogen) atoms. The summed E-state index contributed by atoms with van der Waals surface area (Å²) in [6.07, 6.45) is 0. The van der Waals surface area contributed by atoms with E-state index in [0.717, 1.165) is 0 Å². The van der Waals surface area contributed by atoms with Gasteiger partial charge in [0.15, 0.2) is 0 Å². The van der Waals surface area contributed by atoms with E-state index in [1.54, 1.807) is 4.97 Å². The third-order valence-electron chi connectivity index (χ3n) is 1.37. The largest absolute Gasteiger partial charge is 0.281 e. The number of aryl methyl sites for hydroxylation is 3. The molecular formula is C12H12MnNO2. The van der Waals surface area contributed by atoms with Crippen LogP contribution < -0.4 is 0 Å². The summed E-state index contributed by atoms with van der Waals surface area (Å²) < 4.78 is 0. The van der Waals surface area contributed by atoms with Crippen molar-refractivity contribution in [2.24, 2.45) is 0 Å². The Hall–Kier alpha value is -1.43. The van der Waals surface area contributed by atoms with Crippen LogP contribution in [0.2, 0.25) is 0 Å². The number of hydrogen-bond acceptors (Lipinski definition) is 3. The smallest absolute Gasteiger partial charge is 0.281 e. The molecule has 0 aliphatic heterocycles. The van der Waals surface area contributed by atoms with E-state index < -0.39 is 0 Å². The predicted octanol–water partition coefficient (Wildman–Crippen LogP) is 1.83. The van der Waals surface area contributed by atoms with Gasteiger partial charge in [-0.05, 0) is 20.8 Å².